The normalized spacial score (nSPS) is 25.0. The Balaban J connectivity index is 2.32. The lowest BCUT2D eigenvalue weighted by molar-refractivity contribution is -0.114. The molecular formula is C19H28O2Si. The molecule has 22 heavy (non-hydrogen) atoms. The van der Waals surface area contributed by atoms with Gasteiger partial charge in [0.25, 0.3) is 0 Å². The van der Waals surface area contributed by atoms with Gasteiger partial charge < -0.3 is 4.43 Å². The average molecular weight is 317 g/mol. The molecule has 1 aliphatic carbocycles. The minimum Gasteiger partial charge on any atom is -0.410 e. The van der Waals surface area contributed by atoms with Crippen molar-refractivity contribution < 1.29 is 9.22 Å². The lowest BCUT2D eigenvalue weighted by Gasteiger charge is -2.39. The zero-order chi connectivity index (χ0) is 16.5. The zero-order valence-corrected chi connectivity index (χ0v) is 15.6. The highest BCUT2D eigenvalue weighted by atomic mass is 28.4. The van der Waals surface area contributed by atoms with Crippen molar-refractivity contribution in [1.82, 2.24) is 0 Å². The van der Waals surface area contributed by atoms with E-state index in [2.05, 4.69) is 40.8 Å². The number of Topliss-reactive ketones (excluding diaryl/α,β-unsaturated/α-hetero) is 1. The minimum absolute atomic E-state index is 0.0615. The highest BCUT2D eigenvalue weighted by Gasteiger charge is 2.44. The molecule has 1 aromatic rings. The smallest absolute Gasteiger partial charge is 0.192 e. The van der Waals surface area contributed by atoms with Gasteiger partial charge in [0, 0.05) is 12.0 Å². The highest BCUT2D eigenvalue weighted by Crippen LogP contribution is 2.41. The zero-order valence-electron chi connectivity index (χ0n) is 14.6. The van der Waals surface area contributed by atoms with Crippen molar-refractivity contribution in [2.45, 2.75) is 58.4 Å². The molecule has 0 N–H and O–H groups in total. The Hall–Kier alpha value is -1.19. The fourth-order valence-electron chi connectivity index (χ4n) is 2.55. The van der Waals surface area contributed by atoms with Crippen LogP contribution in [0.3, 0.4) is 0 Å². The van der Waals surface area contributed by atoms with Gasteiger partial charge in [0.05, 0.1) is 6.10 Å². The fourth-order valence-corrected chi connectivity index (χ4v) is 3.90. The molecule has 1 aromatic carbocycles. The van der Waals surface area contributed by atoms with Gasteiger partial charge in [0.2, 0.25) is 0 Å². The van der Waals surface area contributed by atoms with E-state index in [0.29, 0.717) is 6.42 Å². The van der Waals surface area contributed by atoms with Crippen molar-refractivity contribution in [3.63, 3.8) is 0 Å². The lowest BCUT2D eigenvalue weighted by Crippen LogP contribution is -2.45. The molecule has 0 radical (unpaired) electrons. The van der Waals surface area contributed by atoms with Gasteiger partial charge in [-0.3, -0.25) is 4.79 Å². The summed E-state index contributed by atoms with van der Waals surface area (Å²) in [6, 6.07) is 10.1. The van der Waals surface area contributed by atoms with Gasteiger partial charge in [-0.15, -0.1) is 0 Å². The molecule has 0 heterocycles. The van der Waals surface area contributed by atoms with Crippen LogP contribution in [-0.2, 0) is 9.22 Å². The molecule has 0 aromatic heterocycles. The van der Waals surface area contributed by atoms with Crippen LogP contribution in [0.5, 0.6) is 0 Å². The summed E-state index contributed by atoms with van der Waals surface area (Å²) >= 11 is 0. The first kappa shape index (κ1) is 17.2. The van der Waals surface area contributed by atoms with Crippen LogP contribution in [0.2, 0.25) is 18.1 Å². The number of benzene rings is 1. The SMILES string of the molecule is CC1CC(=O)C(=Cc2ccccc2)C1O[Si](C)(C)C(C)(C)C. The van der Waals surface area contributed by atoms with Gasteiger partial charge in [-0.2, -0.15) is 0 Å². The molecule has 0 amide bonds. The second-order valence-electron chi connectivity index (χ2n) is 7.91. The number of hydrogen-bond acceptors (Lipinski definition) is 2. The molecule has 2 rings (SSSR count). The van der Waals surface area contributed by atoms with Crippen molar-refractivity contribution in [1.29, 1.82) is 0 Å². The van der Waals surface area contributed by atoms with E-state index < -0.39 is 8.32 Å². The van der Waals surface area contributed by atoms with Gasteiger partial charge in [0.15, 0.2) is 14.1 Å². The monoisotopic (exact) mass is 316 g/mol. The molecule has 0 saturated heterocycles. The number of rotatable bonds is 3. The van der Waals surface area contributed by atoms with Gasteiger partial charge in [-0.1, -0.05) is 58.0 Å². The van der Waals surface area contributed by atoms with Crippen molar-refractivity contribution >= 4 is 20.2 Å². The van der Waals surface area contributed by atoms with Gasteiger partial charge in [-0.25, -0.2) is 0 Å². The van der Waals surface area contributed by atoms with Crippen molar-refractivity contribution in [2.24, 2.45) is 5.92 Å². The van der Waals surface area contributed by atoms with Gasteiger partial charge in [0.1, 0.15) is 0 Å². The summed E-state index contributed by atoms with van der Waals surface area (Å²) in [4.78, 5) is 12.4. The van der Waals surface area contributed by atoms with Gasteiger partial charge in [-0.05, 0) is 35.7 Å². The Morgan fingerprint density at radius 2 is 1.77 bits per heavy atom. The third-order valence-corrected chi connectivity index (χ3v) is 9.46. The maximum atomic E-state index is 12.4. The van der Waals surface area contributed by atoms with Crippen LogP contribution in [0.1, 0.15) is 39.7 Å². The van der Waals surface area contributed by atoms with E-state index in [9.17, 15) is 4.79 Å². The largest absolute Gasteiger partial charge is 0.410 e. The van der Waals surface area contributed by atoms with Crippen LogP contribution in [0.15, 0.2) is 35.9 Å². The summed E-state index contributed by atoms with van der Waals surface area (Å²) in [5.41, 5.74) is 1.92. The molecular weight excluding hydrogens is 288 g/mol. The maximum absolute atomic E-state index is 12.4. The molecule has 1 saturated carbocycles. The first-order chi connectivity index (χ1) is 10.1. The molecule has 0 bridgehead atoms. The Morgan fingerprint density at radius 3 is 2.32 bits per heavy atom. The molecule has 2 unspecified atom stereocenters. The van der Waals surface area contributed by atoms with E-state index in [1.54, 1.807) is 0 Å². The minimum atomic E-state index is -1.89. The molecule has 2 nitrogen and oxygen atoms in total. The standard InChI is InChI=1S/C19H28O2Si/c1-14-12-17(20)16(13-15-10-8-7-9-11-15)18(14)21-22(5,6)19(2,3)4/h7-11,13-14,18H,12H2,1-6H3. The van der Waals surface area contributed by atoms with Crippen LogP contribution in [0, 0.1) is 5.92 Å². The second kappa shape index (κ2) is 6.13. The number of hydrogen-bond donors (Lipinski definition) is 0. The van der Waals surface area contributed by atoms with E-state index in [1.165, 1.54) is 0 Å². The summed E-state index contributed by atoms with van der Waals surface area (Å²) in [6.45, 7) is 13.3. The summed E-state index contributed by atoms with van der Waals surface area (Å²) in [5.74, 6) is 0.497. The van der Waals surface area contributed by atoms with Crippen LogP contribution in [0.4, 0.5) is 0 Å². The topological polar surface area (TPSA) is 26.3 Å². The Morgan fingerprint density at radius 1 is 1.18 bits per heavy atom. The van der Waals surface area contributed by atoms with Crippen LogP contribution < -0.4 is 0 Å². The Bertz CT molecular complexity index is 567. The third kappa shape index (κ3) is 3.58. The predicted molar refractivity (Wildman–Crippen MR) is 95.3 cm³/mol. The summed E-state index contributed by atoms with van der Waals surface area (Å²) in [7, 11) is -1.89. The van der Waals surface area contributed by atoms with Crippen LogP contribution in [0.25, 0.3) is 6.08 Å². The van der Waals surface area contributed by atoms with E-state index in [-0.39, 0.29) is 22.8 Å². The molecule has 0 spiro atoms. The highest BCUT2D eigenvalue weighted by molar-refractivity contribution is 6.74. The predicted octanol–water partition coefficient (Wildman–Crippen LogP) is 5.07. The molecule has 1 fully saturated rings. The average Bonchev–Trinajstić information content (AvgIpc) is 2.65. The van der Waals surface area contributed by atoms with E-state index in [0.717, 1.165) is 11.1 Å². The molecule has 2 atom stereocenters. The lowest BCUT2D eigenvalue weighted by atomic mass is 10.0. The van der Waals surface area contributed by atoms with Crippen LogP contribution in [-0.4, -0.2) is 20.2 Å². The summed E-state index contributed by atoms with van der Waals surface area (Å²) in [5, 5.41) is 0.149. The summed E-state index contributed by atoms with van der Waals surface area (Å²) < 4.78 is 6.58. The Labute approximate surface area is 135 Å². The van der Waals surface area contributed by atoms with Gasteiger partial charge >= 0.3 is 0 Å². The fraction of sp³-hybridized carbons (Fsp3) is 0.526. The van der Waals surface area contributed by atoms with Crippen molar-refractivity contribution in [3.05, 3.63) is 41.5 Å². The quantitative estimate of drug-likeness (QED) is 0.575. The molecule has 3 heteroatoms. The summed E-state index contributed by atoms with van der Waals surface area (Å²) in [6.07, 6.45) is 2.55. The first-order valence-corrected chi connectivity index (χ1v) is 11.0. The number of carbonyl (C=O) groups excluding carboxylic acids is 1. The van der Waals surface area contributed by atoms with E-state index >= 15 is 0 Å². The molecule has 0 aliphatic heterocycles. The van der Waals surface area contributed by atoms with Crippen molar-refractivity contribution in [2.75, 3.05) is 0 Å². The number of carbonyl (C=O) groups is 1. The Kier molecular flexibility index (Phi) is 4.78. The van der Waals surface area contributed by atoms with E-state index in [4.69, 9.17) is 4.43 Å². The van der Waals surface area contributed by atoms with Crippen molar-refractivity contribution in [3.8, 4) is 0 Å². The number of ketones is 1. The molecule has 1 aliphatic rings. The van der Waals surface area contributed by atoms with E-state index in [1.807, 2.05) is 36.4 Å². The third-order valence-electron chi connectivity index (χ3n) is 5.00. The van der Waals surface area contributed by atoms with Crippen LogP contribution >= 0.6 is 0 Å². The molecule has 120 valence electrons. The first-order valence-electron chi connectivity index (χ1n) is 8.09. The second-order valence-corrected chi connectivity index (χ2v) is 12.7. The maximum Gasteiger partial charge on any atom is 0.192 e.